The molecule has 1 aliphatic carbocycles. The molecule has 1 aliphatic heterocycles. The number of imide groups is 1. The maximum atomic E-state index is 14.4. The molecular weight excluding hydrogens is 921 g/mol. The van der Waals surface area contributed by atoms with Gasteiger partial charge in [0.1, 0.15) is 30.0 Å². The lowest BCUT2D eigenvalue weighted by Gasteiger charge is -2.36. The van der Waals surface area contributed by atoms with Gasteiger partial charge in [0.2, 0.25) is 29.5 Å². The van der Waals surface area contributed by atoms with Gasteiger partial charge in [-0.3, -0.25) is 34.2 Å². The minimum absolute atomic E-state index is 0.0136. The summed E-state index contributed by atoms with van der Waals surface area (Å²) in [7, 11) is 1.62. The van der Waals surface area contributed by atoms with E-state index in [0.717, 1.165) is 48.8 Å². The molecule has 5 aromatic rings. The zero-order chi connectivity index (χ0) is 51.4. The predicted molar refractivity (Wildman–Crippen MR) is 270 cm³/mol. The van der Waals surface area contributed by atoms with Crippen molar-refractivity contribution in [3.8, 4) is 0 Å². The number of aromatic nitrogens is 1. The van der Waals surface area contributed by atoms with Crippen molar-refractivity contribution in [1.82, 2.24) is 47.1 Å². The van der Waals surface area contributed by atoms with Crippen LogP contribution in [0.25, 0.3) is 21.7 Å². The fourth-order valence-electron chi connectivity index (χ4n) is 9.60. The fraction of sp³-hybridized carbons (Fsp3) is 0.365. The van der Waals surface area contributed by atoms with Gasteiger partial charge in [-0.15, -0.1) is 0 Å². The van der Waals surface area contributed by atoms with Crippen molar-refractivity contribution in [2.24, 2.45) is 11.5 Å². The molecule has 1 saturated heterocycles. The number of fused-ring (bicyclic) bond motifs is 3. The van der Waals surface area contributed by atoms with Crippen molar-refractivity contribution in [2.45, 2.75) is 100.0 Å². The number of aldehydes is 1. The number of carbonyl (C=O) groups excluding carboxylic acids is 8. The van der Waals surface area contributed by atoms with Crippen molar-refractivity contribution in [2.75, 3.05) is 20.1 Å². The van der Waals surface area contributed by atoms with Crippen LogP contribution in [0.2, 0.25) is 0 Å². The van der Waals surface area contributed by atoms with E-state index in [2.05, 4.69) is 42.2 Å². The van der Waals surface area contributed by atoms with E-state index in [4.69, 9.17) is 16.9 Å². The number of nitrogens with zero attached hydrogens (tertiary/aromatic N) is 1. The lowest BCUT2D eigenvalue weighted by molar-refractivity contribution is -0.143. The van der Waals surface area contributed by atoms with Crippen molar-refractivity contribution in [3.05, 3.63) is 119 Å². The van der Waals surface area contributed by atoms with Gasteiger partial charge in [-0.1, -0.05) is 84.9 Å². The SMILES string of the molecule is CN[C@@H](CCCNC(=N)N)C(=O)N[C@@H](Cc1c[nH]c2ccccc12)C(=O)N[C@@H](CCCCNC(=O)C[C@@H]1NC(=O)N(C2(C(=O)N[C@@H](C=O)Cc3ccc4ccccc4c3)Cc3ccccc3C2)C1=O)C(N)=O. The predicted octanol–water partition coefficient (Wildman–Crippen LogP) is 1.23. The van der Waals surface area contributed by atoms with Crippen LogP contribution in [0.1, 0.15) is 60.8 Å². The molecule has 0 radical (unpaired) electrons. The molecule has 20 nitrogen and oxygen atoms in total. The van der Waals surface area contributed by atoms with Gasteiger partial charge in [0.25, 0.3) is 5.91 Å². The van der Waals surface area contributed by atoms with E-state index in [9.17, 15) is 38.4 Å². The number of guanidine groups is 1. The summed E-state index contributed by atoms with van der Waals surface area (Å²) < 4.78 is 0. The molecule has 378 valence electrons. The average molecular weight is 983 g/mol. The first-order valence-electron chi connectivity index (χ1n) is 24.1. The third-order valence-corrected chi connectivity index (χ3v) is 13.4. The van der Waals surface area contributed by atoms with Crippen LogP contribution in [0.4, 0.5) is 4.79 Å². The molecule has 7 rings (SSSR count). The lowest BCUT2D eigenvalue weighted by atomic mass is 9.90. The minimum Gasteiger partial charge on any atom is -0.370 e. The summed E-state index contributed by atoms with van der Waals surface area (Å²) in [6, 6.07) is 22.3. The minimum atomic E-state index is -1.71. The Balaban J connectivity index is 0.931. The maximum absolute atomic E-state index is 14.4. The summed E-state index contributed by atoms with van der Waals surface area (Å²) in [4.78, 5) is 112. The Morgan fingerprint density at radius 2 is 1.43 bits per heavy atom. The number of benzene rings is 4. The Morgan fingerprint density at radius 3 is 2.14 bits per heavy atom. The number of rotatable bonds is 25. The van der Waals surface area contributed by atoms with Crippen LogP contribution in [0, 0.1) is 5.41 Å². The monoisotopic (exact) mass is 982 g/mol. The molecule has 13 N–H and O–H groups in total. The van der Waals surface area contributed by atoms with Gasteiger partial charge in [-0.25, -0.2) is 9.69 Å². The maximum Gasteiger partial charge on any atom is 0.325 e. The number of primary amides is 1. The highest BCUT2D eigenvalue weighted by Crippen LogP contribution is 2.37. The van der Waals surface area contributed by atoms with E-state index in [1.54, 1.807) is 25.4 Å². The Kier molecular flexibility index (Phi) is 17.0. The van der Waals surface area contributed by atoms with Crippen LogP contribution in [-0.4, -0.2) is 119 Å². The van der Waals surface area contributed by atoms with E-state index in [0.29, 0.717) is 38.5 Å². The molecule has 8 amide bonds. The van der Waals surface area contributed by atoms with E-state index < -0.39 is 83.6 Å². The van der Waals surface area contributed by atoms with Crippen molar-refractivity contribution in [1.29, 1.82) is 5.41 Å². The first kappa shape index (κ1) is 51.7. The van der Waals surface area contributed by atoms with E-state index in [1.807, 2.05) is 78.9 Å². The highest BCUT2D eigenvalue weighted by atomic mass is 16.2. The number of amides is 8. The molecule has 0 unspecified atom stereocenters. The summed E-state index contributed by atoms with van der Waals surface area (Å²) in [5.74, 6) is -4.01. The van der Waals surface area contributed by atoms with E-state index in [-0.39, 0.29) is 44.6 Å². The topological polar surface area (TPSA) is 316 Å². The zero-order valence-corrected chi connectivity index (χ0v) is 40.1. The van der Waals surface area contributed by atoms with Gasteiger partial charge in [0.05, 0.1) is 18.5 Å². The number of urea groups is 1. The van der Waals surface area contributed by atoms with Gasteiger partial charge >= 0.3 is 6.03 Å². The molecule has 1 aromatic heterocycles. The molecule has 4 aromatic carbocycles. The number of likely N-dealkylation sites (N-methyl/N-ethyl adjacent to an activating group) is 1. The molecule has 0 spiro atoms. The zero-order valence-electron chi connectivity index (χ0n) is 40.1. The number of para-hydroxylation sites is 1. The van der Waals surface area contributed by atoms with Crippen molar-refractivity contribution < 1.29 is 38.4 Å². The molecule has 72 heavy (non-hydrogen) atoms. The number of hydrogen-bond donors (Lipinski definition) is 11. The quantitative estimate of drug-likeness (QED) is 0.0130. The molecule has 1 fully saturated rings. The molecule has 2 aliphatic rings. The van der Waals surface area contributed by atoms with Crippen molar-refractivity contribution in [3.63, 3.8) is 0 Å². The second-order valence-corrected chi connectivity index (χ2v) is 18.4. The summed E-state index contributed by atoms with van der Waals surface area (Å²) in [5.41, 5.74) is 13.4. The number of nitrogens with one attached hydrogen (secondary N) is 9. The summed E-state index contributed by atoms with van der Waals surface area (Å²) in [6.45, 7) is 0.495. The van der Waals surface area contributed by atoms with Gasteiger partial charge < -0.3 is 58.5 Å². The number of aromatic amines is 1. The Hall–Kier alpha value is -8.13. The molecule has 5 atom stereocenters. The number of hydrogen-bond acceptors (Lipinski definition) is 10. The number of carbonyl (C=O) groups is 8. The lowest BCUT2D eigenvalue weighted by Crippen LogP contribution is -2.63. The summed E-state index contributed by atoms with van der Waals surface area (Å²) in [6.07, 6.45) is 3.95. The molecule has 0 bridgehead atoms. The summed E-state index contributed by atoms with van der Waals surface area (Å²) in [5, 5.41) is 29.6. The average Bonchev–Trinajstić information content (AvgIpc) is 4.05. The third-order valence-electron chi connectivity index (χ3n) is 13.4. The van der Waals surface area contributed by atoms with Crippen LogP contribution in [0.15, 0.2) is 97.2 Å². The molecule has 20 heteroatoms. The third kappa shape index (κ3) is 12.4. The Morgan fingerprint density at radius 1 is 0.778 bits per heavy atom. The van der Waals surface area contributed by atoms with Gasteiger partial charge in [0.15, 0.2) is 5.96 Å². The Bertz CT molecular complexity index is 2820. The Labute approximate surface area is 416 Å². The number of H-pyrrole nitrogens is 1. The highest BCUT2D eigenvalue weighted by molar-refractivity contribution is 6.11. The van der Waals surface area contributed by atoms with Gasteiger partial charge in [-0.2, -0.15) is 0 Å². The second kappa shape index (κ2) is 23.7. The van der Waals surface area contributed by atoms with Crippen LogP contribution in [-0.2, 0) is 59.2 Å². The van der Waals surface area contributed by atoms with Crippen LogP contribution in [0.3, 0.4) is 0 Å². The second-order valence-electron chi connectivity index (χ2n) is 18.4. The molecule has 2 heterocycles. The standard InChI is InChI=1S/C52H62N12O8/c1-56-41(18-10-22-58-50(54)55)46(68)62-42(25-36-29-59-39-16-7-6-15-38(36)39)47(69)61-40(45(53)67)17-8-9-21-57-44(66)26-43-48(70)64(51(72)63-43)52(27-34-13-4-5-14-35(34)28-52)49(71)60-37(30-65)24-31-19-20-32-11-2-3-12-33(32)23-31/h2-7,11-16,19-20,23,29-30,37,40-43,56,59H,8-10,17-18,21-22,24-28H2,1H3,(H2,53,67)(H,57,66)(H,60,71)(H,61,69)(H,62,68)(H,63,72)(H4,54,55,58)/t37-,40+,41+,42+,43+/m1/s1. The number of nitrogens with two attached hydrogens (primary N) is 2. The summed E-state index contributed by atoms with van der Waals surface area (Å²) >= 11 is 0. The van der Waals surface area contributed by atoms with Crippen LogP contribution in [0.5, 0.6) is 0 Å². The first-order chi connectivity index (χ1) is 34.7. The normalized spacial score (nSPS) is 16.5. The van der Waals surface area contributed by atoms with Crippen LogP contribution >= 0.6 is 0 Å². The van der Waals surface area contributed by atoms with Gasteiger partial charge in [-0.05, 0) is 84.7 Å². The first-order valence-corrected chi connectivity index (χ1v) is 24.1. The van der Waals surface area contributed by atoms with E-state index >= 15 is 0 Å². The van der Waals surface area contributed by atoms with Gasteiger partial charge in [0, 0.05) is 49.5 Å². The van der Waals surface area contributed by atoms with Crippen LogP contribution < -0.4 is 48.7 Å². The highest BCUT2D eigenvalue weighted by Gasteiger charge is 2.57. The molecule has 0 saturated carbocycles. The number of unbranched alkanes of at least 4 members (excludes halogenated alkanes) is 1. The largest absolute Gasteiger partial charge is 0.370 e. The smallest absolute Gasteiger partial charge is 0.325 e. The fourth-order valence-corrected chi connectivity index (χ4v) is 9.60. The van der Waals surface area contributed by atoms with Crippen molar-refractivity contribution >= 4 is 75.4 Å². The molecular formula is C52H62N12O8. The van der Waals surface area contributed by atoms with E-state index in [1.165, 1.54) is 0 Å².